The number of benzene rings is 1. The van der Waals surface area contributed by atoms with Gasteiger partial charge in [0.05, 0.1) is 16.2 Å². The Balaban J connectivity index is 1.83. The van der Waals surface area contributed by atoms with E-state index in [0.29, 0.717) is 41.5 Å². The number of aromatic nitrogens is 2. The van der Waals surface area contributed by atoms with Crippen molar-refractivity contribution >= 4 is 17.3 Å². The van der Waals surface area contributed by atoms with Crippen molar-refractivity contribution in [3.8, 4) is 0 Å². The molecular formula is C17H19ClN4O3. The fourth-order valence-electron chi connectivity index (χ4n) is 2.95. The summed E-state index contributed by atoms with van der Waals surface area (Å²) in [5.74, 6) is 0.874. The quantitative estimate of drug-likeness (QED) is 0.666. The van der Waals surface area contributed by atoms with Gasteiger partial charge in [0.2, 0.25) is 0 Å². The van der Waals surface area contributed by atoms with Gasteiger partial charge < -0.3 is 4.98 Å². The highest BCUT2D eigenvalue weighted by molar-refractivity contribution is 6.31. The van der Waals surface area contributed by atoms with Crippen molar-refractivity contribution in [3.05, 3.63) is 66.3 Å². The number of nitrogens with one attached hydrogen (secondary N) is 1. The first-order valence-electron chi connectivity index (χ1n) is 8.12. The number of non-ortho nitro benzene ring substituents is 1. The molecule has 0 aliphatic carbocycles. The van der Waals surface area contributed by atoms with Crippen LogP contribution < -0.4 is 5.56 Å². The fourth-order valence-corrected chi connectivity index (χ4v) is 3.12. The second-order valence-corrected chi connectivity index (χ2v) is 6.93. The summed E-state index contributed by atoms with van der Waals surface area (Å²) in [4.78, 5) is 32.3. The first kappa shape index (κ1) is 17.6. The van der Waals surface area contributed by atoms with E-state index in [1.807, 2.05) is 13.8 Å². The summed E-state index contributed by atoms with van der Waals surface area (Å²) in [6, 6.07) is 4.41. The number of nitrogens with zero attached hydrogens (tertiary/aromatic N) is 3. The molecule has 0 atom stereocenters. The normalized spacial score (nSPS) is 14.6. The van der Waals surface area contributed by atoms with Crippen LogP contribution in [0.2, 0.25) is 5.02 Å². The van der Waals surface area contributed by atoms with Crippen LogP contribution >= 0.6 is 11.6 Å². The van der Waals surface area contributed by atoms with E-state index in [9.17, 15) is 14.9 Å². The average Bonchev–Trinajstić information content (AvgIpc) is 2.56. The third kappa shape index (κ3) is 3.72. The first-order chi connectivity index (χ1) is 11.8. The van der Waals surface area contributed by atoms with Crippen molar-refractivity contribution in [2.45, 2.75) is 39.3 Å². The number of nitro benzene ring substituents is 1. The number of hydrogen-bond acceptors (Lipinski definition) is 5. The van der Waals surface area contributed by atoms with Crippen LogP contribution in [0.3, 0.4) is 0 Å². The van der Waals surface area contributed by atoms with E-state index in [2.05, 4.69) is 14.9 Å². The third-order valence-corrected chi connectivity index (χ3v) is 4.72. The van der Waals surface area contributed by atoms with Gasteiger partial charge in [0, 0.05) is 49.1 Å². The van der Waals surface area contributed by atoms with Gasteiger partial charge in [-0.3, -0.25) is 19.8 Å². The van der Waals surface area contributed by atoms with Crippen molar-refractivity contribution in [1.29, 1.82) is 0 Å². The van der Waals surface area contributed by atoms with Crippen LogP contribution in [0.25, 0.3) is 0 Å². The predicted octanol–water partition coefficient (Wildman–Crippen LogP) is 3.01. The molecule has 7 nitrogen and oxygen atoms in total. The summed E-state index contributed by atoms with van der Waals surface area (Å²) in [5.41, 5.74) is 2.09. The number of hydrogen-bond donors (Lipinski definition) is 1. The Morgan fingerprint density at radius 2 is 2.20 bits per heavy atom. The van der Waals surface area contributed by atoms with E-state index in [4.69, 9.17) is 11.6 Å². The minimum atomic E-state index is -0.437. The maximum atomic E-state index is 12.4. The van der Waals surface area contributed by atoms with Gasteiger partial charge in [-0.1, -0.05) is 25.4 Å². The largest absolute Gasteiger partial charge is 0.310 e. The molecule has 1 N–H and O–H groups in total. The number of halogens is 1. The zero-order valence-corrected chi connectivity index (χ0v) is 14.8. The summed E-state index contributed by atoms with van der Waals surface area (Å²) >= 11 is 6.18. The zero-order chi connectivity index (χ0) is 18.1. The zero-order valence-electron chi connectivity index (χ0n) is 14.1. The standard InChI is InChI=1S/C17H19ClN4O3/c1-10(2)16-19-15-5-6-21(9-13(15)17(23)20-16)8-11-7-12(22(24)25)3-4-14(11)18/h3-4,7,10H,5-6,8-9H2,1-2H3,(H,19,20,23). The molecule has 0 bridgehead atoms. The highest BCUT2D eigenvalue weighted by Gasteiger charge is 2.23. The van der Waals surface area contributed by atoms with E-state index in [-0.39, 0.29) is 17.2 Å². The van der Waals surface area contributed by atoms with Crippen LogP contribution in [0.4, 0.5) is 5.69 Å². The van der Waals surface area contributed by atoms with E-state index in [0.717, 1.165) is 12.2 Å². The summed E-state index contributed by atoms with van der Waals surface area (Å²) in [6.45, 7) is 5.61. The molecule has 25 heavy (non-hydrogen) atoms. The second-order valence-electron chi connectivity index (χ2n) is 6.52. The minimum absolute atomic E-state index is 0.0119. The van der Waals surface area contributed by atoms with Crippen molar-refractivity contribution in [1.82, 2.24) is 14.9 Å². The van der Waals surface area contributed by atoms with Crippen molar-refractivity contribution in [2.24, 2.45) is 0 Å². The molecule has 0 spiro atoms. The lowest BCUT2D eigenvalue weighted by atomic mass is 10.0. The molecule has 0 fully saturated rings. The van der Waals surface area contributed by atoms with Crippen LogP contribution in [-0.2, 0) is 19.5 Å². The Labute approximate surface area is 149 Å². The van der Waals surface area contributed by atoms with Gasteiger partial charge in [-0.2, -0.15) is 0 Å². The maximum absolute atomic E-state index is 12.4. The number of fused-ring (bicyclic) bond motifs is 1. The summed E-state index contributed by atoms with van der Waals surface area (Å²) in [5, 5.41) is 11.4. The molecule has 0 amide bonds. The third-order valence-electron chi connectivity index (χ3n) is 4.35. The van der Waals surface area contributed by atoms with Crippen LogP contribution in [0.5, 0.6) is 0 Å². The molecule has 1 aromatic carbocycles. The summed E-state index contributed by atoms with van der Waals surface area (Å²) < 4.78 is 0. The van der Waals surface area contributed by atoms with Gasteiger partial charge in [-0.05, 0) is 11.6 Å². The van der Waals surface area contributed by atoms with Gasteiger partial charge >= 0.3 is 0 Å². The fraction of sp³-hybridized carbons (Fsp3) is 0.412. The van der Waals surface area contributed by atoms with E-state index < -0.39 is 4.92 Å². The molecule has 2 heterocycles. The first-order valence-corrected chi connectivity index (χ1v) is 8.50. The smallest absolute Gasteiger partial charge is 0.269 e. The van der Waals surface area contributed by atoms with Gasteiger partial charge in [0.1, 0.15) is 5.82 Å². The summed E-state index contributed by atoms with van der Waals surface area (Å²) in [6.07, 6.45) is 0.672. The molecular weight excluding hydrogens is 344 g/mol. The Bertz CT molecular complexity index is 879. The molecule has 0 radical (unpaired) electrons. The molecule has 3 rings (SSSR count). The van der Waals surface area contributed by atoms with Crippen molar-refractivity contribution in [3.63, 3.8) is 0 Å². The topological polar surface area (TPSA) is 92.1 Å². The lowest BCUT2D eigenvalue weighted by Gasteiger charge is -2.28. The van der Waals surface area contributed by atoms with E-state index in [1.165, 1.54) is 18.2 Å². The Hall–Kier alpha value is -2.25. The Morgan fingerprint density at radius 3 is 2.88 bits per heavy atom. The van der Waals surface area contributed by atoms with Crippen LogP contribution in [0, 0.1) is 10.1 Å². The minimum Gasteiger partial charge on any atom is -0.310 e. The Morgan fingerprint density at radius 1 is 1.44 bits per heavy atom. The number of rotatable bonds is 4. The molecule has 132 valence electrons. The molecule has 2 aromatic rings. The van der Waals surface area contributed by atoms with E-state index in [1.54, 1.807) is 0 Å². The van der Waals surface area contributed by atoms with E-state index >= 15 is 0 Å². The SMILES string of the molecule is CC(C)c1nc2c(c(=O)[nH]1)CN(Cc1cc([N+](=O)[O-])ccc1Cl)CC2. The molecule has 1 aliphatic rings. The maximum Gasteiger partial charge on any atom is 0.269 e. The van der Waals surface area contributed by atoms with Crippen LogP contribution in [-0.4, -0.2) is 26.3 Å². The number of H-pyrrole nitrogens is 1. The Kier molecular flexibility index (Phi) is 4.87. The highest BCUT2D eigenvalue weighted by Crippen LogP contribution is 2.25. The molecule has 0 unspecified atom stereocenters. The highest BCUT2D eigenvalue weighted by atomic mass is 35.5. The van der Waals surface area contributed by atoms with Crippen LogP contribution in [0.1, 0.15) is 42.4 Å². The molecule has 8 heteroatoms. The van der Waals surface area contributed by atoms with Gasteiger partial charge in [0.25, 0.3) is 11.2 Å². The van der Waals surface area contributed by atoms with Crippen molar-refractivity contribution in [2.75, 3.05) is 6.54 Å². The lowest BCUT2D eigenvalue weighted by Crippen LogP contribution is -2.36. The lowest BCUT2D eigenvalue weighted by molar-refractivity contribution is -0.384. The monoisotopic (exact) mass is 362 g/mol. The predicted molar refractivity (Wildman–Crippen MR) is 94.9 cm³/mol. The second kappa shape index (κ2) is 6.93. The van der Waals surface area contributed by atoms with Gasteiger partial charge in [-0.15, -0.1) is 0 Å². The number of nitro groups is 1. The molecule has 0 saturated heterocycles. The molecule has 1 aliphatic heterocycles. The molecule has 1 aromatic heterocycles. The average molecular weight is 363 g/mol. The van der Waals surface area contributed by atoms with Crippen molar-refractivity contribution < 1.29 is 4.92 Å². The van der Waals surface area contributed by atoms with Gasteiger partial charge in [-0.25, -0.2) is 4.98 Å². The van der Waals surface area contributed by atoms with Gasteiger partial charge in [0.15, 0.2) is 0 Å². The summed E-state index contributed by atoms with van der Waals surface area (Å²) in [7, 11) is 0. The van der Waals surface area contributed by atoms with Crippen LogP contribution in [0.15, 0.2) is 23.0 Å². The number of aromatic amines is 1. The molecule has 0 saturated carbocycles.